The van der Waals surface area contributed by atoms with Gasteiger partial charge in [0.1, 0.15) is 5.52 Å². The molecule has 0 aliphatic carbocycles. The van der Waals surface area contributed by atoms with Crippen LogP contribution in [-0.2, 0) is 20.7 Å². The van der Waals surface area contributed by atoms with E-state index >= 15 is 0 Å². The monoisotopic (exact) mass is 418 g/mol. The van der Waals surface area contributed by atoms with Crippen molar-refractivity contribution in [3.63, 3.8) is 0 Å². The SMILES string of the molecule is C[C@H](OC(=O)/C=C/c1nc2ccccc2o1)C(=O)N1CCC(Cc2ccccc2)CC1. The number of likely N-dealkylation sites (tertiary alicyclic amines) is 1. The highest BCUT2D eigenvalue weighted by atomic mass is 16.5. The molecule has 1 fully saturated rings. The summed E-state index contributed by atoms with van der Waals surface area (Å²) in [5, 5.41) is 0. The zero-order valence-corrected chi connectivity index (χ0v) is 17.6. The number of nitrogens with zero attached hydrogens (tertiary/aromatic N) is 2. The molecule has 0 spiro atoms. The van der Waals surface area contributed by atoms with Crippen molar-refractivity contribution >= 4 is 29.1 Å². The summed E-state index contributed by atoms with van der Waals surface area (Å²) in [6.07, 6.45) is 4.81. The maximum atomic E-state index is 12.7. The summed E-state index contributed by atoms with van der Waals surface area (Å²) in [6, 6.07) is 17.8. The van der Waals surface area contributed by atoms with Gasteiger partial charge in [0.2, 0.25) is 5.89 Å². The number of para-hydroxylation sites is 2. The van der Waals surface area contributed by atoms with Crippen LogP contribution in [0.25, 0.3) is 17.2 Å². The zero-order valence-electron chi connectivity index (χ0n) is 17.6. The minimum atomic E-state index is -0.827. The molecule has 1 aliphatic rings. The molecule has 2 aromatic carbocycles. The Kier molecular flexibility index (Phi) is 6.46. The van der Waals surface area contributed by atoms with Crippen molar-refractivity contribution in [2.45, 2.75) is 32.3 Å². The summed E-state index contributed by atoms with van der Waals surface area (Å²) >= 11 is 0. The molecule has 3 aromatic rings. The van der Waals surface area contributed by atoms with E-state index in [2.05, 4.69) is 29.2 Å². The Labute approximate surface area is 181 Å². The van der Waals surface area contributed by atoms with Crippen LogP contribution in [0.2, 0.25) is 0 Å². The number of piperidine rings is 1. The van der Waals surface area contributed by atoms with E-state index in [1.165, 1.54) is 17.7 Å². The van der Waals surface area contributed by atoms with Gasteiger partial charge in [0.05, 0.1) is 0 Å². The molecule has 0 N–H and O–H groups in total. The Bertz CT molecular complexity index is 1030. The molecule has 2 heterocycles. The Morgan fingerprint density at radius 1 is 1.13 bits per heavy atom. The van der Waals surface area contributed by atoms with Crippen molar-refractivity contribution in [1.82, 2.24) is 9.88 Å². The quantitative estimate of drug-likeness (QED) is 0.442. The van der Waals surface area contributed by atoms with Crippen LogP contribution in [0, 0.1) is 5.92 Å². The Balaban J connectivity index is 1.25. The van der Waals surface area contributed by atoms with Crippen LogP contribution in [0.1, 0.15) is 31.2 Å². The van der Waals surface area contributed by atoms with Crippen LogP contribution < -0.4 is 0 Å². The molecule has 1 saturated heterocycles. The number of benzene rings is 2. The van der Waals surface area contributed by atoms with Crippen molar-refractivity contribution in [2.75, 3.05) is 13.1 Å². The fourth-order valence-electron chi connectivity index (χ4n) is 3.93. The predicted octanol–water partition coefficient (Wildman–Crippen LogP) is 4.25. The fourth-order valence-corrected chi connectivity index (χ4v) is 3.93. The second kappa shape index (κ2) is 9.60. The molecule has 31 heavy (non-hydrogen) atoms. The van der Waals surface area contributed by atoms with Crippen molar-refractivity contribution in [3.8, 4) is 0 Å². The molecule has 1 atom stereocenters. The number of amides is 1. The maximum Gasteiger partial charge on any atom is 0.331 e. The summed E-state index contributed by atoms with van der Waals surface area (Å²) in [5.41, 5.74) is 2.70. The molecule has 6 nitrogen and oxygen atoms in total. The third-order valence-corrected chi connectivity index (χ3v) is 5.61. The molecule has 1 aromatic heterocycles. The van der Waals surface area contributed by atoms with Gasteiger partial charge < -0.3 is 14.1 Å². The van der Waals surface area contributed by atoms with Gasteiger partial charge in [-0.05, 0) is 49.8 Å². The smallest absolute Gasteiger partial charge is 0.331 e. The first kappa shape index (κ1) is 20.8. The number of oxazole rings is 1. The number of fused-ring (bicyclic) bond motifs is 1. The largest absolute Gasteiger partial charge is 0.449 e. The number of hydrogen-bond acceptors (Lipinski definition) is 5. The molecular formula is C25H26N2O4. The topological polar surface area (TPSA) is 72.6 Å². The summed E-state index contributed by atoms with van der Waals surface area (Å²) in [5.74, 6) is 0.144. The molecule has 6 heteroatoms. The lowest BCUT2D eigenvalue weighted by molar-refractivity contribution is -0.156. The van der Waals surface area contributed by atoms with E-state index in [4.69, 9.17) is 9.15 Å². The standard InChI is InChI=1S/C25H26N2O4/c1-18(30-24(28)12-11-23-26-21-9-5-6-10-22(21)31-23)25(29)27-15-13-20(14-16-27)17-19-7-3-2-4-8-19/h2-12,18,20H,13-17H2,1H3/b12-11+/t18-/m0/s1. The first-order chi connectivity index (χ1) is 15.1. The molecule has 0 unspecified atom stereocenters. The van der Waals surface area contributed by atoms with Crippen LogP contribution >= 0.6 is 0 Å². The van der Waals surface area contributed by atoms with Crippen molar-refractivity contribution in [1.29, 1.82) is 0 Å². The second-order valence-electron chi connectivity index (χ2n) is 7.89. The van der Waals surface area contributed by atoms with Gasteiger partial charge in [-0.2, -0.15) is 0 Å². The maximum absolute atomic E-state index is 12.7. The number of ether oxygens (including phenoxy) is 1. The highest BCUT2D eigenvalue weighted by Gasteiger charge is 2.27. The van der Waals surface area contributed by atoms with Gasteiger partial charge in [0.25, 0.3) is 5.91 Å². The van der Waals surface area contributed by atoms with Gasteiger partial charge >= 0.3 is 5.97 Å². The van der Waals surface area contributed by atoms with Gasteiger partial charge in [0.15, 0.2) is 11.7 Å². The van der Waals surface area contributed by atoms with E-state index in [-0.39, 0.29) is 5.91 Å². The Morgan fingerprint density at radius 2 is 1.84 bits per heavy atom. The molecular weight excluding hydrogens is 392 g/mol. The molecule has 160 valence electrons. The highest BCUT2D eigenvalue weighted by Crippen LogP contribution is 2.22. The zero-order chi connectivity index (χ0) is 21.6. The van der Waals surface area contributed by atoms with E-state index in [1.807, 2.05) is 30.3 Å². The molecule has 0 bridgehead atoms. The number of carbonyl (C=O) groups excluding carboxylic acids is 2. The molecule has 4 rings (SSSR count). The number of esters is 1. The number of carbonyl (C=O) groups is 2. The first-order valence-electron chi connectivity index (χ1n) is 10.7. The lowest BCUT2D eigenvalue weighted by Gasteiger charge is -2.33. The van der Waals surface area contributed by atoms with E-state index in [1.54, 1.807) is 11.8 Å². The van der Waals surface area contributed by atoms with Gasteiger partial charge in [-0.3, -0.25) is 4.79 Å². The minimum Gasteiger partial charge on any atom is -0.449 e. The van der Waals surface area contributed by atoms with Crippen molar-refractivity contribution < 1.29 is 18.7 Å². The van der Waals surface area contributed by atoms with Crippen LogP contribution in [0.3, 0.4) is 0 Å². The lowest BCUT2D eigenvalue weighted by atomic mass is 9.90. The van der Waals surface area contributed by atoms with Gasteiger partial charge in [-0.25, -0.2) is 9.78 Å². The number of rotatable bonds is 6. The van der Waals surface area contributed by atoms with Gasteiger partial charge in [-0.15, -0.1) is 0 Å². The summed E-state index contributed by atoms with van der Waals surface area (Å²) in [7, 11) is 0. The van der Waals surface area contributed by atoms with E-state index in [0.717, 1.165) is 24.8 Å². The normalized spacial score (nSPS) is 16.0. The third-order valence-electron chi connectivity index (χ3n) is 5.61. The van der Waals surface area contributed by atoms with Crippen LogP contribution in [0.15, 0.2) is 65.1 Å². The van der Waals surface area contributed by atoms with Gasteiger partial charge in [0, 0.05) is 25.2 Å². The summed E-state index contributed by atoms with van der Waals surface area (Å²) < 4.78 is 10.8. The molecule has 1 amide bonds. The Morgan fingerprint density at radius 3 is 2.58 bits per heavy atom. The first-order valence-corrected chi connectivity index (χ1v) is 10.7. The van der Waals surface area contributed by atoms with Gasteiger partial charge in [-0.1, -0.05) is 42.5 Å². The van der Waals surface area contributed by atoms with Crippen LogP contribution in [0.4, 0.5) is 0 Å². The minimum absolute atomic E-state index is 0.151. The summed E-state index contributed by atoms with van der Waals surface area (Å²) in [6.45, 7) is 3.00. The third kappa shape index (κ3) is 5.40. The average molecular weight is 418 g/mol. The van der Waals surface area contributed by atoms with Crippen molar-refractivity contribution in [3.05, 3.63) is 72.1 Å². The molecule has 0 radical (unpaired) electrons. The van der Waals surface area contributed by atoms with Crippen molar-refractivity contribution in [2.24, 2.45) is 5.92 Å². The lowest BCUT2D eigenvalue weighted by Crippen LogP contribution is -2.44. The number of aromatic nitrogens is 1. The average Bonchev–Trinajstić information content (AvgIpc) is 3.21. The van der Waals surface area contributed by atoms with Crippen LogP contribution in [0.5, 0.6) is 0 Å². The molecule has 1 aliphatic heterocycles. The predicted molar refractivity (Wildman–Crippen MR) is 118 cm³/mol. The Hall–Kier alpha value is -3.41. The summed E-state index contributed by atoms with van der Waals surface area (Å²) in [4.78, 5) is 30.9. The van der Waals surface area contributed by atoms with E-state index in [0.29, 0.717) is 30.5 Å². The van der Waals surface area contributed by atoms with Crippen LogP contribution in [-0.4, -0.2) is 41.0 Å². The second-order valence-corrected chi connectivity index (χ2v) is 7.89. The highest BCUT2D eigenvalue weighted by molar-refractivity contribution is 5.90. The molecule has 0 saturated carbocycles. The fraction of sp³-hybridized carbons (Fsp3) is 0.320. The number of hydrogen-bond donors (Lipinski definition) is 0. The van der Waals surface area contributed by atoms with E-state index in [9.17, 15) is 9.59 Å². The van der Waals surface area contributed by atoms with E-state index < -0.39 is 12.1 Å².